The van der Waals surface area contributed by atoms with Crippen molar-refractivity contribution in [2.75, 3.05) is 6.54 Å². The lowest BCUT2D eigenvalue weighted by atomic mass is 10.2. The Morgan fingerprint density at radius 1 is 1.56 bits per heavy atom. The van der Waals surface area contributed by atoms with E-state index < -0.39 is 5.60 Å². The van der Waals surface area contributed by atoms with Crippen LogP contribution in [0.1, 0.15) is 36.3 Å². The van der Waals surface area contributed by atoms with E-state index in [1.54, 1.807) is 16.2 Å². The van der Waals surface area contributed by atoms with Crippen LogP contribution in [0.25, 0.3) is 0 Å². The number of carbonyl (C=O) groups excluding carboxylic acids is 1. The number of aromatic nitrogens is 1. The molecule has 0 saturated heterocycles. The van der Waals surface area contributed by atoms with E-state index in [4.69, 9.17) is 10.5 Å². The molecule has 1 aliphatic heterocycles. The highest BCUT2D eigenvalue weighted by atomic mass is 32.1. The van der Waals surface area contributed by atoms with Gasteiger partial charge in [0.1, 0.15) is 10.6 Å². The van der Waals surface area contributed by atoms with Crippen molar-refractivity contribution in [1.82, 2.24) is 9.88 Å². The van der Waals surface area contributed by atoms with Crippen LogP contribution >= 0.6 is 11.3 Å². The van der Waals surface area contributed by atoms with Gasteiger partial charge in [-0.2, -0.15) is 0 Å². The molecule has 2 heterocycles. The van der Waals surface area contributed by atoms with Gasteiger partial charge >= 0.3 is 6.09 Å². The number of hydrogen-bond acceptors (Lipinski definition) is 5. The first-order valence-corrected chi connectivity index (χ1v) is 6.86. The van der Waals surface area contributed by atoms with Crippen LogP contribution in [-0.4, -0.2) is 28.1 Å². The van der Waals surface area contributed by atoms with E-state index in [1.165, 1.54) is 0 Å². The molecule has 0 fully saturated rings. The van der Waals surface area contributed by atoms with Crippen molar-refractivity contribution < 1.29 is 9.53 Å². The highest BCUT2D eigenvalue weighted by molar-refractivity contribution is 7.11. The lowest BCUT2D eigenvalue weighted by Crippen LogP contribution is -2.39. The zero-order valence-electron chi connectivity index (χ0n) is 11.0. The van der Waals surface area contributed by atoms with Gasteiger partial charge in [-0.05, 0) is 20.8 Å². The standard InChI is InChI=1S/C12H19N3O2S/c1-12(2,3)17-11(16)15-5-4-8-9(7-15)18-10(6-13)14-8/h4-7,13H2,1-3H3. The normalized spacial score (nSPS) is 15.4. The SMILES string of the molecule is CC(C)(C)OC(=O)N1CCc2nc(CN)sc2C1. The van der Waals surface area contributed by atoms with E-state index >= 15 is 0 Å². The van der Waals surface area contributed by atoms with E-state index in [9.17, 15) is 4.79 Å². The Morgan fingerprint density at radius 3 is 2.89 bits per heavy atom. The summed E-state index contributed by atoms with van der Waals surface area (Å²) in [5, 5.41) is 0.936. The number of ether oxygens (including phenoxy) is 1. The van der Waals surface area contributed by atoms with Gasteiger partial charge in [-0.15, -0.1) is 11.3 Å². The van der Waals surface area contributed by atoms with E-state index in [0.29, 0.717) is 19.6 Å². The fourth-order valence-corrected chi connectivity index (χ4v) is 2.83. The molecule has 0 unspecified atom stereocenters. The van der Waals surface area contributed by atoms with E-state index in [1.807, 2.05) is 20.8 Å². The maximum atomic E-state index is 12.0. The fourth-order valence-electron chi connectivity index (χ4n) is 1.82. The van der Waals surface area contributed by atoms with Crippen LogP contribution in [-0.2, 0) is 24.2 Å². The molecular weight excluding hydrogens is 250 g/mol. The van der Waals surface area contributed by atoms with Gasteiger partial charge in [0.15, 0.2) is 0 Å². The highest BCUT2D eigenvalue weighted by Gasteiger charge is 2.27. The second-order valence-corrected chi connectivity index (χ2v) is 6.50. The average molecular weight is 269 g/mol. The summed E-state index contributed by atoms with van der Waals surface area (Å²) in [5.74, 6) is 0. The summed E-state index contributed by atoms with van der Waals surface area (Å²) in [6.45, 7) is 7.33. The Labute approximate surface area is 111 Å². The molecule has 1 aromatic heterocycles. The Balaban J connectivity index is 2.05. The van der Waals surface area contributed by atoms with E-state index in [2.05, 4.69) is 4.98 Å². The Kier molecular flexibility index (Phi) is 3.59. The van der Waals surface area contributed by atoms with Gasteiger partial charge in [0, 0.05) is 24.4 Å². The number of rotatable bonds is 1. The van der Waals surface area contributed by atoms with Crippen LogP contribution in [0.3, 0.4) is 0 Å². The number of hydrogen-bond donors (Lipinski definition) is 1. The van der Waals surface area contributed by atoms with Crippen molar-refractivity contribution in [2.24, 2.45) is 5.73 Å². The third-order valence-corrected chi connectivity index (χ3v) is 3.71. The largest absolute Gasteiger partial charge is 0.444 e. The molecule has 0 saturated carbocycles. The molecule has 0 spiro atoms. The molecule has 1 amide bonds. The van der Waals surface area contributed by atoms with Crippen LogP contribution in [0, 0.1) is 0 Å². The number of carbonyl (C=O) groups is 1. The zero-order valence-corrected chi connectivity index (χ0v) is 11.8. The van der Waals surface area contributed by atoms with Crippen LogP contribution in [0.2, 0.25) is 0 Å². The number of fused-ring (bicyclic) bond motifs is 1. The number of thiazole rings is 1. The summed E-state index contributed by atoms with van der Waals surface area (Å²) in [5.41, 5.74) is 6.21. The van der Waals surface area contributed by atoms with Crippen molar-refractivity contribution in [1.29, 1.82) is 0 Å². The lowest BCUT2D eigenvalue weighted by Gasteiger charge is -2.29. The molecule has 100 valence electrons. The molecule has 0 aliphatic carbocycles. The molecule has 0 bridgehead atoms. The smallest absolute Gasteiger partial charge is 0.410 e. The second kappa shape index (κ2) is 4.85. The van der Waals surface area contributed by atoms with Crippen LogP contribution < -0.4 is 5.73 Å². The Morgan fingerprint density at radius 2 is 2.28 bits per heavy atom. The summed E-state index contributed by atoms with van der Waals surface area (Å²) in [6.07, 6.45) is 0.529. The van der Waals surface area contributed by atoms with Gasteiger partial charge < -0.3 is 15.4 Å². The number of nitrogens with two attached hydrogens (primary N) is 1. The predicted molar refractivity (Wildman–Crippen MR) is 70.4 cm³/mol. The molecule has 1 aliphatic rings. The lowest BCUT2D eigenvalue weighted by molar-refractivity contribution is 0.0225. The van der Waals surface area contributed by atoms with Crippen LogP contribution in [0.4, 0.5) is 4.79 Å². The van der Waals surface area contributed by atoms with Crippen molar-refractivity contribution in [3.05, 3.63) is 15.6 Å². The molecule has 1 aromatic rings. The van der Waals surface area contributed by atoms with Crippen molar-refractivity contribution >= 4 is 17.4 Å². The summed E-state index contributed by atoms with van der Waals surface area (Å²) >= 11 is 1.59. The van der Waals surface area contributed by atoms with Crippen molar-refractivity contribution in [2.45, 2.75) is 45.9 Å². The second-order valence-electron chi connectivity index (χ2n) is 5.33. The first-order chi connectivity index (χ1) is 8.39. The van der Waals surface area contributed by atoms with Crippen molar-refractivity contribution in [3.63, 3.8) is 0 Å². The number of amides is 1. The van der Waals surface area contributed by atoms with Crippen LogP contribution in [0.15, 0.2) is 0 Å². The summed E-state index contributed by atoms with van der Waals surface area (Å²) < 4.78 is 5.37. The Hall–Kier alpha value is -1.14. The maximum Gasteiger partial charge on any atom is 0.410 e. The molecule has 0 radical (unpaired) electrons. The molecule has 2 N–H and O–H groups in total. The fraction of sp³-hybridized carbons (Fsp3) is 0.667. The topological polar surface area (TPSA) is 68.5 Å². The molecular formula is C12H19N3O2S. The summed E-state index contributed by atoms with van der Waals surface area (Å²) in [7, 11) is 0. The molecule has 18 heavy (non-hydrogen) atoms. The molecule has 2 rings (SSSR count). The summed E-state index contributed by atoms with van der Waals surface area (Å²) in [4.78, 5) is 19.3. The van der Waals surface area contributed by atoms with Gasteiger partial charge in [-0.25, -0.2) is 9.78 Å². The minimum atomic E-state index is -0.451. The van der Waals surface area contributed by atoms with Gasteiger partial charge in [0.2, 0.25) is 0 Å². The average Bonchev–Trinajstić information content (AvgIpc) is 2.68. The Bertz CT molecular complexity index is 451. The van der Waals surface area contributed by atoms with Gasteiger partial charge in [-0.3, -0.25) is 0 Å². The van der Waals surface area contributed by atoms with Crippen molar-refractivity contribution in [3.8, 4) is 0 Å². The van der Waals surface area contributed by atoms with Gasteiger partial charge in [0.05, 0.1) is 12.2 Å². The minimum absolute atomic E-state index is 0.254. The third-order valence-electron chi connectivity index (χ3n) is 2.60. The van der Waals surface area contributed by atoms with E-state index in [0.717, 1.165) is 22.0 Å². The number of nitrogens with zero attached hydrogens (tertiary/aromatic N) is 2. The van der Waals surface area contributed by atoms with Gasteiger partial charge in [-0.1, -0.05) is 0 Å². The monoisotopic (exact) mass is 269 g/mol. The highest BCUT2D eigenvalue weighted by Crippen LogP contribution is 2.25. The maximum absolute atomic E-state index is 12.0. The molecule has 0 aromatic carbocycles. The van der Waals surface area contributed by atoms with Crippen LogP contribution in [0.5, 0.6) is 0 Å². The first-order valence-electron chi connectivity index (χ1n) is 6.04. The molecule has 5 nitrogen and oxygen atoms in total. The minimum Gasteiger partial charge on any atom is -0.444 e. The predicted octanol–water partition coefficient (Wildman–Crippen LogP) is 1.90. The quantitative estimate of drug-likeness (QED) is 0.845. The molecule has 6 heteroatoms. The molecule has 0 atom stereocenters. The summed E-state index contributed by atoms with van der Waals surface area (Å²) in [6, 6.07) is 0. The van der Waals surface area contributed by atoms with E-state index in [-0.39, 0.29) is 6.09 Å². The zero-order chi connectivity index (χ0) is 13.3. The van der Waals surface area contributed by atoms with Gasteiger partial charge in [0.25, 0.3) is 0 Å². The third kappa shape index (κ3) is 3.00. The first kappa shape index (κ1) is 13.3.